The number of nitrogens with one attached hydrogen (secondary N) is 2. The Labute approximate surface area is 201 Å². The fourth-order valence-corrected chi connectivity index (χ4v) is 4.83. The van der Waals surface area contributed by atoms with Gasteiger partial charge in [-0.3, -0.25) is 9.20 Å². The smallest absolute Gasteiger partial charge is 0.254 e. The first-order valence-electron chi connectivity index (χ1n) is 11.8. The number of nitrogens with zero attached hydrogens (tertiary/aromatic N) is 4. The van der Waals surface area contributed by atoms with Gasteiger partial charge in [-0.1, -0.05) is 13.0 Å². The van der Waals surface area contributed by atoms with Crippen molar-refractivity contribution in [3.05, 3.63) is 71.9 Å². The summed E-state index contributed by atoms with van der Waals surface area (Å²) in [6.45, 7) is 4.96. The van der Waals surface area contributed by atoms with Crippen LogP contribution in [0.5, 0.6) is 0 Å². The highest BCUT2D eigenvalue weighted by molar-refractivity contribution is 6.06. The zero-order valence-corrected chi connectivity index (χ0v) is 19.3. The number of halogens is 1. The minimum Gasteiger partial charge on any atom is -0.375 e. The van der Waals surface area contributed by atoms with Crippen molar-refractivity contribution < 1.29 is 13.9 Å². The Morgan fingerprint density at radius 3 is 2.94 bits per heavy atom. The number of amides is 1. The van der Waals surface area contributed by atoms with Gasteiger partial charge in [0.05, 0.1) is 47.7 Å². The minimum atomic E-state index is -0.339. The zero-order chi connectivity index (χ0) is 23.9. The zero-order valence-electron chi connectivity index (χ0n) is 19.3. The summed E-state index contributed by atoms with van der Waals surface area (Å²) in [6, 6.07) is 10.6. The maximum absolute atomic E-state index is 13.6. The molecule has 2 N–H and O–H groups in total. The Balaban J connectivity index is 1.30. The van der Waals surface area contributed by atoms with Gasteiger partial charge in [-0.2, -0.15) is 0 Å². The summed E-state index contributed by atoms with van der Waals surface area (Å²) >= 11 is 0. The van der Waals surface area contributed by atoms with Gasteiger partial charge in [-0.15, -0.1) is 0 Å². The van der Waals surface area contributed by atoms with E-state index in [2.05, 4.69) is 32.4 Å². The van der Waals surface area contributed by atoms with E-state index in [1.54, 1.807) is 12.4 Å². The highest BCUT2D eigenvalue weighted by Gasteiger charge is 2.27. The lowest BCUT2D eigenvalue weighted by Crippen LogP contribution is -2.42. The highest BCUT2D eigenvalue weighted by atomic mass is 19.1. The van der Waals surface area contributed by atoms with E-state index in [0.29, 0.717) is 35.9 Å². The number of fused-ring (bicyclic) bond motifs is 2. The monoisotopic (exact) mass is 472 g/mol. The van der Waals surface area contributed by atoms with Gasteiger partial charge in [0.15, 0.2) is 0 Å². The van der Waals surface area contributed by atoms with Crippen molar-refractivity contribution in [3.8, 4) is 11.3 Å². The second kappa shape index (κ2) is 8.66. The van der Waals surface area contributed by atoms with Crippen LogP contribution in [-0.2, 0) is 11.3 Å². The maximum atomic E-state index is 13.6. The van der Waals surface area contributed by atoms with E-state index >= 15 is 0 Å². The Kier molecular flexibility index (Phi) is 5.33. The Hall–Kier alpha value is -3.98. The molecule has 178 valence electrons. The van der Waals surface area contributed by atoms with Gasteiger partial charge in [0, 0.05) is 37.5 Å². The van der Waals surface area contributed by atoms with Crippen LogP contribution < -0.4 is 15.5 Å². The quantitative estimate of drug-likeness (QED) is 0.454. The molecule has 8 nitrogen and oxygen atoms in total. The van der Waals surface area contributed by atoms with Crippen LogP contribution in [0.2, 0.25) is 0 Å². The molecule has 4 aromatic rings. The third-order valence-electron chi connectivity index (χ3n) is 6.69. The summed E-state index contributed by atoms with van der Waals surface area (Å²) in [5, 5.41) is 6.24. The van der Waals surface area contributed by atoms with Crippen LogP contribution in [0.15, 0.2) is 55.0 Å². The summed E-state index contributed by atoms with van der Waals surface area (Å²) in [7, 11) is 0. The predicted molar refractivity (Wildman–Crippen MR) is 132 cm³/mol. The van der Waals surface area contributed by atoms with E-state index in [1.165, 1.54) is 12.1 Å². The van der Waals surface area contributed by atoms with Gasteiger partial charge in [0.1, 0.15) is 17.3 Å². The molecule has 3 aromatic heterocycles. The SMILES string of the molecule is CC[C@@H]1CN(c2ccc(Nc3ccc(-c4cnc5cc(F)ccn45)c4c3C(=O)NC4)nc2)CCO1. The molecule has 1 amide bonds. The van der Waals surface area contributed by atoms with Crippen LogP contribution in [0.3, 0.4) is 0 Å². The van der Waals surface area contributed by atoms with Crippen molar-refractivity contribution >= 4 is 28.7 Å². The van der Waals surface area contributed by atoms with Crippen LogP contribution >= 0.6 is 0 Å². The van der Waals surface area contributed by atoms with Crippen LogP contribution in [0, 0.1) is 5.82 Å². The average Bonchev–Trinajstić information content (AvgIpc) is 3.48. The number of benzene rings is 1. The number of carbonyl (C=O) groups is 1. The number of aromatic nitrogens is 3. The summed E-state index contributed by atoms with van der Waals surface area (Å²) in [6.07, 6.45) is 6.44. The van der Waals surface area contributed by atoms with Crippen molar-refractivity contribution in [3.63, 3.8) is 0 Å². The molecule has 1 aromatic carbocycles. The Morgan fingerprint density at radius 2 is 2.11 bits per heavy atom. The molecule has 1 atom stereocenters. The third-order valence-corrected chi connectivity index (χ3v) is 6.69. The largest absolute Gasteiger partial charge is 0.375 e. The lowest BCUT2D eigenvalue weighted by molar-refractivity contribution is 0.0384. The van der Waals surface area contributed by atoms with E-state index in [-0.39, 0.29) is 17.8 Å². The summed E-state index contributed by atoms with van der Waals surface area (Å²) in [4.78, 5) is 24.0. The van der Waals surface area contributed by atoms with E-state index < -0.39 is 0 Å². The molecule has 0 spiro atoms. The molecule has 1 fully saturated rings. The number of morpholine rings is 1. The molecule has 2 aliphatic rings. The predicted octanol–water partition coefficient (Wildman–Crippen LogP) is 4.14. The molecular formula is C26H25FN6O2. The molecule has 9 heteroatoms. The second-order valence-electron chi connectivity index (χ2n) is 8.79. The number of rotatable bonds is 5. The molecule has 0 radical (unpaired) electrons. The van der Waals surface area contributed by atoms with Gasteiger partial charge < -0.3 is 20.3 Å². The molecule has 0 saturated carbocycles. The standard InChI is InChI=1S/C26H25FN6O2/c1-2-18-15-32(9-10-35-18)17-3-6-23(28-12-17)31-21-5-4-19(20-13-30-26(34)25(20)21)22-14-29-24-11-16(27)7-8-33(22)24/h3-8,11-12,14,18H,2,9-10,13,15H2,1H3,(H,28,31)(H,30,34)/t18-/m1/s1. The molecule has 1 saturated heterocycles. The molecule has 6 rings (SSSR count). The lowest BCUT2D eigenvalue weighted by Gasteiger charge is -2.34. The molecule has 2 aliphatic heterocycles. The van der Waals surface area contributed by atoms with E-state index in [4.69, 9.17) is 4.74 Å². The second-order valence-corrected chi connectivity index (χ2v) is 8.79. The van der Waals surface area contributed by atoms with Crippen molar-refractivity contribution in [1.29, 1.82) is 0 Å². The summed E-state index contributed by atoms with van der Waals surface area (Å²) < 4.78 is 21.2. The fraction of sp³-hybridized carbons (Fsp3) is 0.269. The van der Waals surface area contributed by atoms with Gasteiger partial charge >= 0.3 is 0 Å². The first-order chi connectivity index (χ1) is 17.1. The molecule has 0 aliphatic carbocycles. The van der Waals surface area contributed by atoms with Crippen LogP contribution in [0.25, 0.3) is 16.9 Å². The van der Waals surface area contributed by atoms with Gasteiger partial charge in [0.2, 0.25) is 0 Å². The molecular weight excluding hydrogens is 447 g/mol. The third kappa shape index (κ3) is 3.87. The number of hydrogen-bond acceptors (Lipinski definition) is 6. The number of pyridine rings is 2. The van der Waals surface area contributed by atoms with Gasteiger partial charge in [-0.05, 0) is 36.2 Å². The minimum absolute atomic E-state index is 0.139. The molecule has 35 heavy (non-hydrogen) atoms. The highest BCUT2D eigenvalue weighted by Crippen LogP contribution is 2.35. The van der Waals surface area contributed by atoms with Crippen molar-refractivity contribution in [1.82, 2.24) is 19.7 Å². The maximum Gasteiger partial charge on any atom is 0.254 e. The van der Waals surface area contributed by atoms with E-state index in [0.717, 1.165) is 42.0 Å². The number of anilines is 3. The summed E-state index contributed by atoms with van der Waals surface area (Å²) in [5.74, 6) is 0.183. The van der Waals surface area contributed by atoms with Gasteiger partial charge in [-0.25, -0.2) is 14.4 Å². The topological polar surface area (TPSA) is 83.8 Å². The van der Waals surface area contributed by atoms with Crippen molar-refractivity contribution in [2.24, 2.45) is 0 Å². The van der Waals surface area contributed by atoms with E-state index in [9.17, 15) is 9.18 Å². The van der Waals surface area contributed by atoms with Crippen molar-refractivity contribution in [2.45, 2.75) is 26.0 Å². The lowest BCUT2D eigenvalue weighted by atomic mass is 9.99. The van der Waals surface area contributed by atoms with E-state index in [1.807, 2.05) is 34.9 Å². The normalized spacial score (nSPS) is 17.5. The number of hydrogen-bond donors (Lipinski definition) is 2. The number of carbonyl (C=O) groups excluding carboxylic acids is 1. The number of imidazole rings is 1. The molecule has 0 bridgehead atoms. The summed E-state index contributed by atoms with van der Waals surface area (Å²) in [5.41, 5.74) is 5.41. The fourth-order valence-electron chi connectivity index (χ4n) is 4.83. The number of ether oxygens (including phenoxy) is 1. The molecule has 0 unspecified atom stereocenters. The van der Waals surface area contributed by atoms with Crippen LogP contribution in [0.1, 0.15) is 29.3 Å². The first-order valence-corrected chi connectivity index (χ1v) is 11.8. The van der Waals surface area contributed by atoms with Crippen LogP contribution in [-0.4, -0.2) is 46.1 Å². The van der Waals surface area contributed by atoms with Gasteiger partial charge in [0.25, 0.3) is 5.91 Å². The first kappa shape index (κ1) is 21.5. The molecule has 5 heterocycles. The average molecular weight is 473 g/mol. The Morgan fingerprint density at radius 1 is 1.20 bits per heavy atom. The van der Waals surface area contributed by atoms with Crippen molar-refractivity contribution in [2.75, 3.05) is 29.9 Å². The van der Waals surface area contributed by atoms with Crippen LogP contribution in [0.4, 0.5) is 21.6 Å². The Bertz CT molecular complexity index is 1420.